The number of allylic oxidation sites excluding steroid dienone is 1. The van der Waals surface area contributed by atoms with Gasteiger partial charge in [-0.3, -0.25) is 0 Å². The number of nitriles is 1. The van der Waals surface area contributed by atoms with E-state index in [0.717, 1.165) is 57.9 Å². The Morgan fingerprint density at radius 1 is 0.750 bits per heavy atom. The lowest BCUT2D eigenvalue weighted by atomic mass is 10.2. The van der Waals surface area contributed by atoms with E-state index < -0.39 is 0 Å². The monoisotopic (exact) mass is 384 g/mol. The molecule has 6 heteroatoms. The van der Waals surface area contributed by atoms with Crippen molar-refractivity contribution in [2.45, 2.75) is 51.4 Å². The number of nitrogens with zero attached hydrogens (tertiary/aromatic N) is 6. The lowest BCUT2D eigenvalue weighted by molar-refractivity contribution is 0.254. The largest absolute Gasteiger partial charge is 0.365 e. The third-order valence-electron chi connectivity index (χ3n) is 6.37. The summed E-state index contributed by atoms with van der Waals surface area (Å²) < 4.78 is 0. The van der Waals surface area contributed by atoms with Gasteiger partial charge in [0.15, 0.2) is 0 Å². The molecule has 0 radical (unpaired) electrons. The van der Waals surface area contributed by atoms with Crippen LogP contribution in [0.1, 0.15) is 51.4 Å². The summed E-state index contributed by atoms with van der Waals surface area (Å²) in [5, 5.41) is 9.49. The zero-order valence-electron chi connectivity index (χ0n) is 17.4. The first-order valence-electron chi connectivity index (χ1n) is 11.3. The Labute approximate surface area is 171 Å². The van der Waals surface area contributed by atoms with Crippen molar-refractivity contribution in [2.24, 2.45) is 0 Å². The van der Waals surface area contributed by atoms with Crippen LogP contribution in [0.5, 0.6) is 0 Å². The fourth-order valence-electron chi connectivity index (χ4n) is 4.85. The summed E-state index contributed by atoms with van der Waals surface area (Å²) in [4.78, 5) is 13.3. The molecule has 3 rings (SSSR count). The fourth-order valence-corrected chi connectivity index (χ4v) is 4.85. The second kappa shape index (κ2) is 11.3. The van der Waals surface area contributed by atoms with Crippen LogP contribution in [0.25, 0.3) is 4.85 Å². The van der Waals surface area contributed by atoms with Gasteiger partial charge < -0.3 is 19.6 Å². The molecule has 154 valence electrons. The molecule has 3 saturated heterocycles. The molecule has 0 bridgehead atoms. The molecule has 28 heavy (non-hydrogen) atoms. The van der Waals surface area contributed by atoms with Crippen molar-refractivity contribution in [3.05, 3.63) is 22.9 Å². The van der Waals surface area contributed by atoms with Crippen LogP contribution in [0, 0.1) is 17.9 Å². The second-order valence-corrected chi connectivity index (χ2v) is 8.38. The predicted octanol–water partition coefficient (Wildman–Crippen LogP) is 2.97. The van der Waals surface area contributed by atoms with Crippen molar-refractivity contribution in [3.8, 4) is 6.07 Å². The van der Waals surface area contributed by atoms with E-state index in [1.165, 1.54) is 64.7 Å². The molecule has 0 aromatic heterocycles. The van der Waals surface area contributed by atoms with Crippen LogP contribution in [-0.4, -0.2) is 85.0 Å². The van der Waals surface area contributed by atoms with Crippen molar-refractivity contribution in [1.29, 1.82) is 5.26 Å². The van der Waals surface area contributed by atoms with Crippen LogP contribution >= 0.6 is 0 Å². The van der Waals surface area contributed by atoms with Gasteiger partial charge >= 0.3 is 5.70 Å². The molecule has 3 fully saturated rings. The van der Waals surface area contributed by atoms with Crippen LogP contribution in [-0.2, 0) is 0 Å². The average molecular weight is 385 g/mol. The summed E-state index contributed by atoms with van der Waals surface area (Å²) >= 11 is 0. The molecule has 0 aliphatic carbocycles. The fraction of sp³-hybridized carbons (Fsp3) is 0.818. The molecule has 0 spiro atoms. The van der Waals surface area contributed by atoms with Crippen LogP contribution in [0.4, 0.5) is 0 Å². The van der Waals surface area contributed by atoms with Gasteiger partial charge in [0.1, 0.15) is 5.82 Å². The standard InChI is InChI=1S/C22H36N6/c1-24-21(20-23)22-27(16-8-14-25-10-4-2-3-5-11-25)18-19-28(22)17-9-15-26-12-6-7-13-26/h2-19H2/b22-21+. The first-order valence-corrected chi connectivity index (χ1v) is 11.3. The summed E-state index contributed by atoms with van der Waals surface area (Å²) in [5.41, 5.74) is 0.272. The van der Waals surface area contributed by atoms with Gasteiger partial charge in [0.05, 0.1) is 12.6 Å². The van der Waals surface area contributed by atoms with E-state index >= 15 is 0 Å². The highest BCUT2D eigenvalue weighted by molar-refractivity contribution is 5.33. The number of hydrogen-bond donors (Lipinski definition) is 0. The van der Waals surface area contributed by atoms with Gasteiger partial charge in [0.2, 0.25) is 0 Å². The number of likely N-dealkylation sites (tertiary alicyclic amines) is 2. The Bertz CT molecular complexity index is 571. The molecular formula is C22H36N6. The second-order valence-electron chi connectivity index (χ2n) is 8.38. The van der Waals surface area contributed by atoms with Crippen LogP contribution in [0.15, 0.2) is 11.5 Å². The Balaban J connectivity index is 1.50. The van der Waals surface area contributed by atoms with E-state index in [0.29, 0.717) is 0 Å². The molecule has 3 heterocycles. The van der Waals surface area contributed by atoms with E-state index in [1.807, 2.05) is 0 Å². The molecule has 0 atom stereocenters. The molecule has 0 saturated carbocycles. The number of hydrogen-bond acceptors (Lipinski definition) is 5. The molecule has 6 nitrogen and oxygen atoms in total. The van der Waals surface area contributed by atoms with Gasteiger partial charge in [-0.25, -0.2) is 10.1 Å². The van der Waals surface area contributed by atoms with Gasteiger partial charge in [0.25, 0.3) is 0 Å². The molecular weight excluding hydrogens is 348 g/mol. The number of rotatable bonds is 8. The van der Waals surface area contributed by atoms with E-state index in [2.05, 4.69) is 30.5 Å². The SMILES string of the molecule is [C-]#[N+]/C(C#N)=C1\N(CCCN2CCCCCC2)CCN1CCCN1CCCC1. The van der Waals surface area contributed by atoms with Crippen molar-refractivity contribution in [2.75, 3.05) is 65.4 Å². The van der Waals surface area contributed by atoms with E-state index in [-0.39, 0.29) is 5.70 Å². The van der Waals surface area contributed by atoms with Gasteiger partial charge in [-0.15, -0.1) is 0 Å². The Hall–Kier alpha value is -1.76. The van der Waals surface area contributed by atoms with Crippen molar-refractivity contribution >= 4 is 0 Å². The first kappa shape index (κ1) is 21.0. The molecule has 0 amide bonds. The minimum Gasteiger partial charge on any atom is -0.365 e. The third kappa shape index (κ3) is 5.87. The minimum absolute atomic E-state index is 0.272. The Morgan fingerprint density at radius 2 is 1.21 bits per heavy atom. The first-order chi connectivity index (χ1) is 13.8. The predicted molar refractivity (Wildman–Crippen MR) is 112 cm³/mol. The van der Waals surface area contributed by atoms with Crippen LogP contribution < -0.4 is 0 Å². The summed E-state index contributed by atoms with van der Waals surface area (Å²) in [6.45, 7) is 18.5. The lowest BCUT2D eigenvalue weighted by Crippen LogP contribution is -2.31. The topological polar surface area (TPSA) is 41.1 Å². The maximum absolute atomic E-state index is 9.49. The highest BCUT2D eigenvalue weighted by atomic mass is 15.4. The summed E-state index contributed by atoms with van der Waals surface area (Å²) in [5.74, 6) is 0.898. The average Bonchev–Trinajstić information content (AvgIpc) is 3.28. The quantitative estimate of drug-likeness (QED) is 0.475. The summed E-state index contributed by atoms with van der Waals surface area (Å²) in [6.07, 6.45) is 10.3. The van der Waals surface area contributed by atoms with Crippen molar-refractivity contribution in [1.82, 2.24) is 19.6 Å². The minimum atomic E-state index is 0.272. The maximum Gasteiger partial charge on any atom is 0.300 e. The Morgan fingerprint density at radius 3 is 1.64 bits per heavy atom. The Kier molecular flexibility index (Phi) is 8.45. The van der Waals surface area contributed by atoms with E-state index in [4.69, 9.17) is 6.57 Å². The van der Waals surface area contributed by atoms with E-state index in [1.54, 1.807) is 0 Å². The third-order valence-corrected chi connectivity index (χ3v) is 6.37. The molecule has 0 unspecified atom stereocenters. The lowest BCUT2D eigenvalue weighted by Gasteiger charge is -2.27. The molecule has 0 aromatic rings. The van der Waals surface area contributed by atoms with Gasteiger partial charge in [0, 0.05) is 26.2 Å². The molecule has 3 aliphatic heterocycles. The van der Waals surface area contributed by atoms with Crippen molar-refractivity contribution in [3.63, 3.8) is 0 Å². The van der Waals surface area contributed by atoms with Gasteiger partial charge in [-0.05, 0) is 77.8 Å². The molecule has 3 aliphatic rings. The van der Waals surface area contributed by atoms with Gasteiger partial charge in [-0.2, -0.15) is 0 Å². The maximum atomic E-state index is 9.49. The zero-order valence-corrected chi connectivity index (χ0v) is 17.4. The normalized spacial score (nSPS) is 23.5. The highest BCUT2D eigenvalue weighted by Gasteiger charge is 2.28. The van der Waals surface area contributed by atoms with Crippen LogP contribution in [0.2, 0.25) is 0 Å². The smallest absolute Gasteiger partial charge is 0.300 e. The zero-order chi connectivity index (χ0) is 19.6. The molecule has 0 aromatic carbocycles. The van der Waals surface area contributed by atoms with E-state index in [9.17, 15) is 5.26 Å². The summed E-state index contributed by atoms with van der Waals surface area (Å²) in [7, 11) is 0. The van der Waals surface area contributed by atoms with Crippen LogP contribution in [0.3, 0.4) is 0 Å². The van der Waals surface area contributed by atoms with Gasteiger partial charge in [-0.1, -0.05) is 12.8 Å². The highest BCUT2D eigenvalue weighted by Crippen LogP contribution is 2.24. The summed E-state index contributed by atoms with van der Waals surface area (Å²) in [6, 6.07) is 2.15. The molecule has 0 N–H and O–H groups in total. The van der Waals surface area contributed by atoms with Crippen molar-refractivity contribution < 1.29 is 0 Å².